The third-order valence-corrected chi connectivity index (χ3v) is 6.45. The maximum atomic E-state index is 12.5. The summed E-state index contributed by atoms with van der Waals surface area (Å²) in [6.07, 6.45) is 2.31. The SMILES string of the molecule is C=CCN1C[C@H](c2nc3ccccc3n2Cc2c(C)c(C)cc(C)c2C)CC1=O. The van der Waals surface area contributed by atoms with Crippen molar-refractivity contribution in [2.45, 2.75) is 46.6 Å². The second-order valence-electron chi connectivity index (χ2n) is 8.27. The summed E-state index contributed by atoms with van der Waals surface area (Å²) in [5.74, 6) is 1.32. The highest BCUT2D eigenvalue weighted by atomic mass is 16.2. The lowest BCUT2D eigenvalue weighted by atomic mass is 9.94. The average molecular weight is 388 g/mol. The van der Waals surface area contributed by atoms with Crippen molar-refractivity contribution in [3.63, 3.8) is 0 Å². The Morgan fingerprint density at radius 1 is 1.14 bits per heavy atom. The van der Waals surface area contributed by atoms with Gasteiger partial charge >= 0.3 is 0 Å². The number of imidazole rings is 1. The molecular weight excluding hydrogens is 358 g/mol. The molecule has 0 aliphatic carbocycles. The minimum Gasteiger partial charge on any atom is -0.338 e. The fourth-order valence-corrected chi connectivity index (χ4v) is 4.54. The molecule has 4 heteroatoms. The van der Waals surface area contributed by atoms with Crippen molar-refractivity contribution >= 4 is 16.9 Å². The zero-order valence-electron chi connectivity index (χ0n) is 17.8. The van der Waals surface area contributed by atoms with Gasteiger partial charge in [-0.15, -0.1) is 6.58 Å². The summed E-state index contributed by atoms with van der Waals surface area (Å²) in [6, 6.07) is 10.6. The third kappa shape index (κ3) is 3.37. The minimum atomic E-state index is 0.112. The van der Waals surface area contributed by atoms with Crippen LogP contribution in [0.4, 0.5) is 0 Å². The Labute approximate surface area is 172 Å². The molecule has 2 aromatic carbocycles. The fourth-order valence-electron chi connectivity index (χ4n) is 4.54. The first kappa shape index (κ1) is 19.4. The first-order valence-corrected chi connectivity index (χ1v) is 10.3. The number of benzene rings is 2. The Hall–Kier alpha value is -2.88. The molecule has 1 fully saturated rings. The van der Waals surface area contributed by atoms with E-state index in [9.17, 15) is 4.79 Å². The zero-order chi connectivity index (χ0) is 20.7. The summed E-state index contributed by atoms with van der Waals surface area (Å²) >= 11 is 0. The highest BCUT2D eigenvalue weighted by Gasteiger charge is 2.33. The molecule has 150 valence electrons. The number of carbonyl (C=O) groups is 1. The van der Waals surface area contributed by atoms with E-state index in [2.05, 4.69) is 63.1 Å². The van der Waals surface area contributed by atoms with Crippen LogP contribution in [0.25, 0.3) is 11.0 Å². The average Bonchev–Trinajstić information content (AvgIpc) is 3.24. The number of carbonyl (C=O) groups excluding carboxylic acids is 1. The molecule has 4 rings (SSSR count). The number of hydrogen-bond acceptors (Lipinski definition) is 2. The summed E-state index contributed by atoms with van der Waals surface area (Å²) in [6.45, 7) is 14.7. The van der Waals surface area contributed by atoms with Crippen LogP contribution in [0.2, 0.25) is 0 Å². The molecule has 0 saturated carbocycles. The van der Waals surface area contributed by atoms with E-state index >= 15 is 0 Å². The van der Waals surface area contributed by atoms with Gasteiger partial charge in [-0.05, 0) is 67.6 Å². The van der Waals surface area contributed by atoms with Crippen LogP contribution in [0, 0.1) is 27.7 Å². The molecule has 4 nitrogen and oxygen atoms in total. The summed E-state index contributed by atoms with van der Waals surface area (Å²) in [7, 11) is 0. The van der Waals surface area contributed by atoms with Crippen LogP contribution >= 0.6 is 0 Å². The minimum absolute atomic E-state index is 0.112. The highest BCUT2D eigenvalue weighted by molar-refractivity contribution is 5.81. The van der Waals surface area contributed by atoms with Gasteiger partial charge in [-0.3, -0.25) is 4.79 Å². The van der Waals surface area contributed by atoms with Crippen LogP contribution in [0.1, 0.15) is 46.0 Å². The van der Waals surface area contributed by atoms with Crippen LogP contribution in [0.15, 0.2) is 43.0 Å². The topological polar surface area (TPSA) is 38.1 Å². The van der Waals surface area contributed by atoms with Crippen LogP contribution in [0.3, 0.4) is 0 Å². The van der Waals surface area contributed by atoms with Crippen molar-refractivity contribution in [3.8, 4) is 0 Å². The van der Waals surface area contributed by atoms with Gasteiger partial charge in [0.05, 0.1) is 11.0 Å². The van der Waals surface area contributed by atoms with E-state index in [4.69, 9.17) is 4.98 Å². The predicted molar refractivity (Wildman–Crippen MR) is 118 cm³/mol. The maximum absolute atomic E-state index is 12.5. The number of amides is 1. The van der Waals surface area contributed by atoms with Gasteiger partial charge < -0.3 is 9.47 Å². The molecule has 1 atom stereocenters. The van der Waals surface area contributed by atoms with Crippen molar-refractivity contribution in [2.75, 3.05) is 13.1 Å². The first-order valence-electron chi connectivity index (χ1n) is 10.3. The van der Waals surface area contributed by atoms with Gasteiger partial charge in [0.2, 0.25) is 5.91 Å². The second-order valence-corrected chi connectivity index (χ2v) is 8.27. The molecule has 1 saturated heterocycles. The molecule has 29 heavy (non-hydrogen) atoms. The summed E-state index contributed by atoms with van der Waals surface area (Å²) < 4.78 is 2.33. The number of para-hydroxylation sites is 2. The molecule has 0 radical (unpaired) electrons. The smallest absolute Gasteiger partial charge is 0.223 e. The predicted octanol–water partition coefficient (Wildman–Crippen LogP) is 4.82. The number of aromatic nitrogens is 2. The van der Waals surface area contributed by atoms with Gasteiger partial charge in [0.15, 0.2) is 0 Å². The molecule has 0 bridgehead atoms. The van der Waals surface area contributed by atoms with Crippen molar-refractivity contribution < 1.29 is 4.79 Å². The highest BCUT2D eigenvalue weighted by Crippen LogP contribution is 2.32. The number of nitrogens with zero attached hydrogens (tertiary/aromatic N) is 3. The summed E-state index contributed by atoms with van der Waals surface area (Å²) in [5, 5.41) is 0. The third-order valence-electron chi connectivity index (χ3n) is 6.45. The Balaban J connectivity index is 1.82. The molecule has 1 amide bonds. The number of hydrogen-bond donors (Lipinski definition) is 0. The van der Waals surface area contributed by atoms with Gasteiger partial charge in [0.1, 0.15) is 5.82 Å². The largest absolute Gasteiger partial charge is 0.338 e. The van der Waals surface area contributed by atoms with E-state index in [-0.39, 0.29) is 11.8 Å². The lowest BCUT2D eigenvalue weighted by Gasteiger charge is -2.19. The molecule has 2 heterocycles. The van der Waals surface area contributed by atoms with Gasteiger partial charge in [-0.25, -0.2) is 4.98 Å². The standard InChI is InChI=1S/C25H29N3O/c1-6-11-27-14-20(13-24(27)29)25-26-22-9-7-8-10-23(22)28(25)15-21-18(4)16(2)12-17(3)19(21)5/h6-10,12,20H,1,11,13-15H2,2-5H3/t20-/m1/s1. The van der Waals surface area contributed by atoms with Crippen molar-refractivity contribution in [2.24, 2.45) is 0 Å². The number of aryl methyl sites for hydroxylation is 2. The summed E-state index contributed by atoms with van der Waals surface area (Å²) in [5.41, 5.74) is 8.82. The van der Waals surface area contributed by atoms with Crippen molar-refractivity contribution in [1.29, 1.82) is 0 Å². The zero-order valence-corrected chi connectivity index (χ0v) is 17.8. The molecule has 1 aliphatic rings. The quantitative estimate of drug-likeness (QED) is 0.589. The lowest BCUT2D eigenvalue weighted by Crippen LogP contribution is -2.25. The van der Waals surface area contributed by atoms with E-state index < -0.39 is 0 Å². The molecule has 3 aromatic rings. The molecular formula is C25H29N3O. The Kier molecular flexibility index (Phi) is 5.03. The normalized spacial score (nSPS) is 16.8. The van der Waals surface area contributed by atoms with Gasteiger partial charge in [-0.1, -0.05) is 24.3 Å². The summed E-state index contributed by atoms with van der Waals surface area (Å²) in [4.78, 5) is 19.3. The molecule has 1 aromatic heterocycles. The van der Waals surface area contributed by atoms with Crippen molar-refractivity contribution in [3.05, 3.63) is 76.6 Å². The fraction of sp³-hybridized carbons (Fsp3) is 0.360. The van der Waals surface area contributed by atoms with Gasteiger partial charge in [0, 0.05) is 32.0 Å². The molecule has 1 aliphatic heterocycles. The Morgan fingerprint density at radius 2 is 1.83 bits per heavy atom. The number of fused-ring (bicyclic) bond motifs is 1. The van der Waals surface area contributed by atoms with Gasteiger partial charge in [0.25, 0.3) is 0 Å². The second kappa shape index (κ2) is 7.51. The lowest BCUT2D eigenvalue weighted by molar-refractivity contribution is -0.127. The number of likely N-dealkylation sites (tertiary alicyclic amines) is 1. The first-order chi connectivity index (χ1) is 13.9. The van der Waals surface area contributed by atoms with Crippen LogP contribution in [-0.2, 0) is 11.3 Å². The van der Waals surface area contributed by atoms with E-state index in [1.807, 2.05) is 11.0 Å². The molecule has 0 unspecified atom stereocenters. The Bertz CT molecular complexity index is 1080. The number of rotatable bonds is 5. The van der Waals surface area contributed by atoms with E-state index in [1.54, 1.807) is 6.08 Å². The van der Waals surface area contributed by atoms with Gasteiger partial charge in [-0.2, -0.15) is 0 Å². The van der Waals surface area contributed by atoms with Crippen LogP contribution in [-0.4, -0.2) is 33.4 Å². The Morgan fingerprint density at radius 3 is 2.52 bits per heavy atom. The maximum Gasteiger partial charge on any atom is 0.223 e. The van der Waals surface area contributed by atoms with Crippen molar-refractivity contribution in [1.82, 2.24) is 14.5 Å². The van der Waals surface area contributed by atoms with E-state index in [0.717, 1.165) is 23.4 Å². The van der Waals surface area contributed by atoms with Crippen LogP contribution < -0.4 is 0 Å². The van der Waals surface area contributed by atoms with E-state index in [0.29, 0.717) is 19.5 Å². The van der Waals surface area contributed by atoms with E-state index in [1.165, 1.54) is 27.8 Å². The van der Waals surface area contributed by atoms with Crippen LogP contribution in [0.5, 0.6) is 0 Å². The molecule has 0 spiro atoms. The monoisotopic (exact) mass is 387 g/mol. The molecule has 0 N–H and O–H groups in total.